The molecule has 1 aliphatic carbocycles. The molecular weight excluding hydrogens is 1050 g/mol. The van der Waals surface area contributed by atoms with Gasteiger partial charge in [-0.1, -0.05) is 263 Å². The Labute approximate surface area is 510 Å². The van der Waals surface area contributed by atoms with Gasteiger partial charge in [0, 0.05) is 39.5 Å². The summed E-state index contributed by atoms with van der Waals surface area (Å²) in [6, 6.07) is 124. The minimum Gasteiger partial charge on any atom is -0.311 e. The Hall–Kier alpha value is -11.1. The molecule has 0 aromatic heterocycles. The fraction of sp³-hybridized carbons (Fsp3) is 0.0353. The predicted molar refractivity (Wildman–Crippen MR) is 369 cm³/mol. The van der Waals surface area contributed by atoms with Gasteiger partial charge in [-0.2, -0.15) is 0 Å². The molecule has 0 saturated carbocycles. The summed E-state index contributed by atoms with van der Waals surface area (Å²) >= 11 is 0. The molecule has 0 atom stereocenters. The molecule has 15 rings (SSSR count). The molecule has 2 heteroatoms. The van der Waals surface area contributed by atoms with Crippen molar-refractivity contribution in [3.05, 3.63) is 351 Å². The van der Waals surface area contributed by atoms with Crippen LogP contribution in [0.15, 0.2) is 340 Å². The zero-order valence-electron chi connectivity index (χ0n) is 48.7. The normalized spacial score (nSPS) is 12.1. The summed E-state index contributed by atoms with van der Waals surface area (Å²) in [5.74, 6) is 0. The lowest BCUT2D eigenvalue weighted by atomic mass is 9.82. The predicted octanol–water partition coefficient (Wildman–Crippen LogP) is 23.8. The molecule has 0 N–H and O–H groups in total. The molecule has 0 heterocycles. The highest BCUT2D eigenvalue weighted by molar-refractivity contribution is 5.97. The monoisotopic (exact) mass is 1110 g/mol. The van der Waals surface area contributed by atoms with Crippen LogP contribution in [-0.2, 0) is 5.41 Å². The molecule has 0 spiro atoms. The second kappa shape index (κ2) is 22.5. The first-order valence-electron chi connectivity index (χ1n) is 30.1. The molecule has 87 heavy (non-hydrogen) atoms. The van der Waals surface area contributed by atoms with Crippen molar-refractivity contribution in [2.75, 3.05) is 9.80 Å². The van der Waals surface area contributed by atoms with Crippen molar-refractivity contribution in [1.29, 1.82) is 0 Å². The molecule has 1 aliphatic rings. The maximum Gasteiger partial charge on any atom is 0.0465 e. The maximum absolute atomic E-state index is 2.43. The van der Waals surface area contributed by atoms with Crippen LogP contribution in [0.4, 0.5) is 34.1 Å². The first-order chi connectivity index (χ1) is 42.9. The third-order valence-corrected chi connectivity index (χ3v) is 17.7. The summed E-state index contributed by atoms with van der Waals surface area (Å²) in [5.41, 5.74) is 28.2. The van der Waals surface area contributed by atoms with Crippen LogP contribution in [-0.4, -0.2) is 0 Å². The largest absolute Gasteiger partial charge is 0.311 e. The highest BCUT2D eigenvalue weighted by atomic mass is 15.1. The van der Waals surface area contributed by atoms with E-state index in [1.165, 1.54) is 88.7 Å². The Morgan fingerprint density at radius 3 is 1.02 bits per heavy atom. The van der Waals surface area contributed by atoms with Gasteiger partial charge >= 0.3 is 0 Å². The van der Waals surface area contributed by atoms with Crippen molar-refractivity contribution in [2.24, 2.45) is 0 Å². The van der Waals surface area contributed by atoms with E-state index in [0.29, 0.717) is 0 Å². The third-order valence-electron chi connectivity index (χ3n) is 17.7. The van der Waals surface area contributed by atoms with E-state index in [1.807, 2.05) is 0 Å². The summed E-state index contributed by atoms with van der Waals surface area (Å²) in [6.07, 6.45) is 0. The van der Waals surface area contributed by atoms with Gasteiger partial charge in [0.2, 0.25) is 0 Å². The molecule has 0 unspecified atom stereocenters. The zero-order chi connectivity index (χ0) is 58.3. The smallest absolute Gasteiger partial charge is 0.0465 e. The Balaban J connectivity index is 0.827. The van der Waals surface area contributed by atoms with Crippen LogP contribution in [0.1, 0.15) is 25.0 Å². The van der Waals surface area contributed by atoms with Crippen molar-refractivity contribution < 1.29 is 0 Å². The van der Waals surface area contributed by atoms with Gasteiger partial charge < -0.3 is 9.80 Å². The maximum atomic E-state index is 2.43. The minimum atomic E-state index is -0.162. The van der Waals surface area contributed by atoms with E-state index >= 15 is 0 Å². The van der Waals surface area contributed by atoms with E-state index in [1.54, 1.807) is 0 Å². The van der Waals surface area contributed by atoms with Gasteiger partial charge in [0.05, 0.1) is 0 Å². The second-order valence-corrected chi connectivity index (χ2v) is 23.2. The third kappa shape index (κ3) is 9.97. The van der Waals surface area contributed by atoms with Crippen molar-refractivity contribution in [2.45, 2.75) is 19.3 Å². The Morgan fingerprint density at radius 1 is 0.184 bits per heavy atom. The molecule has 0 aliphatic heterocycles. The molecule has 0 amide bonds. The van der Waals surface area contributed by atoms with E-state index in [4.69, 9.17) is 0 Å². The van der Waals surface area contributed by atoms with Crippen molar-refractivity contribution in [1.82, 2.24) is 0 Å². The molecule has 0 radical (unpaired) electrons. The van der Waals surface area contributed by atoms with Gasteiger partial charge in [0.15, 0.2) is 0 Å². The van der Waals surface area contributed by atoms with E-state index in [9.17, 15) is 0 Å². The highest BCUT2D eigenvalue weighted by Gasteiger charge is 2.36. The first-order valence-corrected chi connectivity index (χ1v) is 30.1. The Bertz CT molecular complexity index is 4760. The number of anilines is 6. The summed E-state index contributed by atoms with van der Waals surface area (Å²) in [6.45, 7) is 4.73. The molecule has 0 bridgehead atoms. The number of hydrogen-bond acceptors (Lipinski definition) is 2. The topological polar surface area (TPSA) is 6.48 Å². The van der Waals surface area contributed by atoms with E-state index in [0.717, 1.165) is 56.4 Å². The standard InChI is InChI=1S/C85H62N2/c1-85(2)83-34-20-19-33-77(83)78-54-53-74(56-84(78)85)87(72-47-39-64(40-48-72)75-31-17-18-32-76(75)68-36-35-60-23-15-16-28-67(60)55-68)73-51-43-66(44-52-73)82-58-79(62-24-9-4-10-25-62)81(57-80(82)63-26-11-5-12-27-63)65-41-49-71(50-42-65)86(69-29-13-6-14-30-69)70-45-37-61(38-46-70)59-21-7-3-8-22-59/h3-58H,1-2H3. The van der Waals surface area contributed by atoms with Gasteiger partial charge in [0.1, 0.15) is 0 Å². The SMILES string of the molecule is CC1(C)c2ccccc2-c2ccc(N(c3ccc(-c4ccccc4-c4ccc5ccccc5c4)cc3)c3ccc(-c4cc(-c5ccccc5)c(-c5ccc(N(c6ccccc6)c6ccc(-c7ccccc7)cc6)cc5)cc4-c4ccccc4)cc3)cc21. The zero-order valence-corrected chi connectivity index (χ0v) is 48.7. The summed E-state index contributed by atoms with van der Waals surface area (Å²) in [4.78, 5) is 4.77. The molecule has 2 nitrogen and oxygen atoms in total. The summed E-state index contributed by atoms with van der Waals surface area (Å²) in [5, 5.41) is 2.48. The van der Waals surface area contributed by atoms with Crippen LogP contribution < -0.4 is 9.80 Å². The van der Waals surface area contributed by atoms with E-state index in [-0.39, 0.29) is 5.41 Å². The van der Waals surface area contributed by atoms with Crippen LogP contribution in [0.25, 0.3) is 99.8 Å². The van der Waals surface area contributed by atoms with Gasteiger partial charge in [-0.15, -0.1) is 0 Å². The fourth-order valence-corrected chi connectivity index (χ4v) is 13.2. The number of rotatable bonds is 13. The number of nitrogens with zero attached hydrogens (tertiary/aromatic N) is 2. The molecule has 0 saturated heterocycles. The van der Waals surface area contributed by atoms with Gasteiger partial charge in [-0.05, 0) is 202 Å². The van der Waals surface area contributed by atoms with Crippen LogP contribution in [0.3, 0.4) is 0 Å². The van der Waals surface area contributed by atoms with Crippen molar-refractivity contribution in [3.63, 3.8) is 0 Å². The second-order valence-electron chi connectivity index (χ2n) is 23.2. The lowest BCUT2D eigenvalue weighted by molar-refractivity contribution is 0.660. The average Bonchev–Trinajstić information content (AvgIpc) is 1.79. The molecule has 14 aromatic rings. The highest BCUT2D eigenvalue weighted by Crippen LogP contribution is 2.52. The number of benzene rings is 14. The quantitative estimate of drug-likeness (QED) is 0.114. The Kier molecular flexibility index (Phi) is 13.6. The Morgan fingerprint density at radius 2 is 0.506 bits per heavy atom. The molecule has 14 aromatic carbocycles. The summed E-state index contributed by atoms with van der Waals surface area (Å²) < 4.78 is 0. The van der Waals surface area contributed by atoms with Crippen molar-refractivity contribution in [3.8, 4) is 89.0 Å². The minimum absolute atomic E-state index is 0.162. The molecular formula is C85H62N2. The van der Waals surface area contributed by atoms with Crippen LogP contribution in [0.5, 0.6) is 0 Å². The molecule has 0 fully saturated rings. The van der Waals surface area contributed by atoms with Gasteiger partial charge in [-0.25, -0.2) is 0 Å². The van der Waals surface area contributed by atoms with Crippen LogP contribution >= 0.6 is 0 Å². The first kappa shape index (κ1) is 52.7. The van der Waals surface area contributed by atoms with Gasteiger partial charge in [-0.3, -0.25) is 0 Å². The van der Waals surface area contributed by atoms with E-state index in [2.05, 4.69) is 363 Å². The number of hydrogen-bond donors (Lipinski definition) is 0. The fourth-order valence-electron chi connectivity index (χ4n) is 13.2. The van der Waals surface area contributed by atoms with Gasteiger partial charge in [0.25, 0.3) is 0 Å². The molecule has 412 valence electrons. The summed E-state index contributed by atoms with van der Waals surface area (Å²) in [7, 11) is 0. The van der Waals surface area contributed by atoms with Crippen LogP contribution in [0.2, 0.25) is 0 Å². The lowest BCUT2D eigenvalue weighted by Gasteiger charge is -2.28. The number of para-hydroxylation sites is 1. The van der Waals surface area contributed by atoms with Crippen molar-refractivity contribution >= 4 is 44.9 Å². The van der Waals surface area contributed by atoms with E-state index < -0.39 is 0 Å². The number of fused-ring (bicyclic) bond motifs is 4. The van der Waals surface area contributed by atoms with Crippen LogP contribution in [0, 0.1) is 0 Å². The average molecular weight is 1110 g/mol. The lowest BCUT2D eigenvalue weighted by Crippen LogP contribution is -2.16.